The number of nitrogens with zero attached hydrogens (tertiary/aromatic N) is 1. The van der Waals surface area contributed by atoms with Gasteiger partial charge >= 0.3 is 0 Å². The Bertz CT molecular complexity index is 294. The van der Waals surface area contributed by atoms with Gasteiger partial charge in [0.15, 0.2) is 0 Å². The summed E-state index contributed by atoms with van der Waals surface area (Å²) in [7, 11) is -3.28. The van der Waals surface area contributed by atoms with Crippen molar-refractivity contribution in [2.24, 2.45) is 11.8 Å². The van der Waals surface area contributed by atoms with Crippen molar-refractivity contribution in [3.8, 4) is 0 Å². The van der Waals surface area contributed by atoms with Crippen molar-refractivity contribution in [3.63, 3.8) is 0 Å². The van der Waals surface area contributed by atoms with E-state index in [0.29, 0.717) is 24.5 Å². The second-order valence-corrected chi connectivity index (χ2v) is 6.42. The van der Waals surface area contributed by atoms with Gasteiger partial charge < -0.3 is 4.90 Å². The Kier molecular flexibility index (Phi) is 4.14. The molecule has 1 heterocycles. The second-order valence-electron chi connectivity index (χ2n) is 4.77. The Morgan fingerprint density at radius 1 is 1.33 bits per heavy atom. The number of rotatable bonds is 5. The van der Waals surface area contributed by atoms with E-state index in [9.17, 15) is 8.42 Å². The summed E-state index contributed by atoms with van der Waals surface area (Å²) in [6, 6.07) is 0.587. The molecule has 1 fully saturated rings. The highest BCUT2D eigenvalue weighted by Gasteiger charge is 2.32. The molecule has 90 valence electrons. The molecule has 0 spiro atoms. The van der Waals surface area contributed by atoms with Gasteiger partial charge in [-0.2, -0.15) is 8.42 Å². The van der Waals surface area contributed by atoms with Crippen molar-refractivity contribution < 1.29 is 12.6 Å². The van der Waals surface area contributed by atoms with Crippen molar-refractivity contribution in [2.75, 3.05) is 26.0 Å². The maximum Gasteiger partial charge on any atom is 0.264 e. The van der Waals surface area contributed by atoms with E-state index in [1.807, 2.05) is 6.92 Å². The third-order valence-corrected chi connectivity index (χ3v) is 3.58. The van der Waals surface area contributed by atoms with Gasteiger partial charge in [-0.25, -0.2) is 0 Å². The molecule has 0 N–H and O–H groups in total. The molecule has 1 aliphatic heterocycles. The highest BCUT2D eigenvalue weighted by atomic mass is 32.2. The quantitative estimate of drug-likeness (QED) is 0.665. The second kappa shape index (κ2) is 4.80. The molecular weight excluding hydrogens is 214 g/mol. The third-order valence-electron chi connectivity index (χ3n) is 3.02. The zero-order chi connectivity index (χ0) is 11.6. The number of hydrogen-bond acceptors (Lipinski definition) is 4. The van der Waals surface area contributed by atoms with Gasteiger partial charge in [-0.05, 0) is 25.7 Å². The fourth-order valence-electron chi connectivity index (χ4n) is 1.70. The van der Waals surface area contributed by atoms with Crippen molar-refractivity contribution in [3.05, 3.63) is 0 Å². The van der Waals surface area contributed by atoms with Gasteiger partial charge in [0.25, 0.3) is 10.1 Å². The lowest BCUT2D eigenvalue weighted by molar-refractivity contribution is 0.0228. The Hall–Kier alpha value is -0.130. The molecule has 0 aromatic carbocycles. The average molecular weight is 235 g/mol. The Morgan fingerprint density at radius 3 is 2.27 bits per heavy atom. The minimum Gasteiger partial charge on any atom is -0.300 e. The molecule has 0 bridgehead atoms. The summed E-state index contributed by atoms with van der Waals surface area (Å²) >= 11 is 0. The minimum absolute atomic E-state index is 0.315. The topological polar surface area (TPSA) is 46.6 Å². The van der Waals surface area contributed by atoms with Gasteiger partial charge in [0.1, 0.15) is 0 Å². The van der Waals surface area contributed by atoms with Crippen LogP contribution < -0.4 is 0 Å². The smallest absolute Gasteiger partial charge is 0.264 e. The van der Waals surface area contributed by atoms with E-state index >= 15 is 0 Å². The SMILES string of the molecule is CC(COS(C)(=O)=O)C1CN(C(C)C)C1. The lowest BCUT2D eigenvalue weighted by Gasteiger charge is -2.44. The maximum atomic E-state index is 10.8. The van der Waals surface area contributed by atoms with E-state index in [0.717, 1.165) is 19.3 Å². The monoisotopic (exact) mass is 235 g/mol. The van der Waals surface area contributed by atoms with Gasteiger partial charge in [0, 0.05) is 19.1 Å². The molecule has 0 amide bonds. The van der Waals surface area contributed by atoms with Gasteiger partial charge in [0.05, 0.1) is 12.9 Å². The van der Waals surface area contributed by atoms with E-state index in [4.69, 9.17) is 4.18 Å². The molecule has 0 aromatic heterocycles. The first kappa shape index (κ1) is 12.9. The number of likely N-dealkylation sites (tertiary alicyclic amines) is 1. The van der Waals surface area contributed by atoms with Crippen LogP contribution in [0.2, 0.25) is 0 Å². The summed E-state index contributed by atoms with van der Waals surface area (Å²) in [5.41, 5.74) is 0. The fourth-order valence-corrected chi connectivity index (χ4v) is 2.16. The van der Waals surface area contributed by atoms with Crippen molar-refractivity contribution in [2.45, 2.75) is 26.8 Å². The molecule has 4 nitrogen and oxygen atoms in total. The summed E-state index contributed by atoms with van der Waals surface area (Å²) in [6.45, 7) is 8.84. The van der Waals surface area contributed by atoms with E-state index in [1.165, 1.54) is 0 Å². The molecule has 1 atom stereocenters. The minimum atomic E-state index is -3.28. The molecule has 1 saturated heterocycles. The van der Waals surface area contributed by atoms with Crippen LogP contribution in [0.3, 0.4) is 0 Å². The molecule has 1 aliphatic rings. The van der Waals surface area contributed by atoms with E-state index in [1.54, 1.807) is 0 Å². The highest BCUT2D eigenvalue weighted by molar-refractivity contribution is 7.85. The van der Waals surface area contributed by atoms with Crippen molar-refractivity contribution >= 4 is 10.1 Å². The molecule has 0 aliphatic carbocycles. The van der Waals surface area contributed by atoms with Gasteiger partial charge in [0.2, 0.25) is 0 Å². The lowest BCUT2D eigenvalue weighted by Crippen LogP contribution is -2.53. The predicted octanol–water partition coefficient (Wildman–Crippen LogP) is 0.939. The van der Waals surface area contributed by atoms with Crippen LogP contribution in [0.15, 0.2) is 0 Å². The first-order valence-corrected chi connectivity index (χ1v) is 7.19. The predicted molar refractivity (Wildman–Crippen MR) is 60.2 cm³/mol. The first-order chi connectivity index (χ1) is 6.79. The van der Waals surface area contributed by atoms with E-state index < -0.39 is 10.1 Å². The van der Waals surface area contributed by atoms with Crippen molar-refractivity contribution in [1.82, 2.24) is 4.90 Å². The molecule has 15 heavy (non-hydrogen) atoms. The number of hydrogen-bond donors (Lipinski definition) is 0. The fraction of sp³-hybridized carbons (Fsp3) is 1.00. The van der Waals surface area contributed by atoms with Crippen LogP contribution in [0, 0.1) is 11.8 Å². The Labute approximate surface area is 92.7 Å². The van der Waals surface area contributed by atoms with Crippen molar-refractivity contribution in [1.29, 1.82) is 0 Å². The van der Waals surface area contributed by atoms with Crippen LogP contribution in [0.4, 0.5) is 0 Å². The third kappa shape index (κ3) is 4.09. The largest absolute Gasteiger partial charge is 0.300 e. The van der Waals surface area contributed by atoms with Gasteiger partial charge in [-0.15, -0.1) is 0 Å². The molecular formula is C10H21NO3S. The zero-order valence-electron chi connectivity index (χ0n) is 9.93. The van der Waals surface area contributed by atoms with Gasteiger partial charge in [-0.3, -0.25) is 4.18 Å². The van der Waals surface area contributed by atoms with Gasteiger partial charge in [-0.1, -0.05) is 6.92 Å². The van der Waals surface area contributed by atoms with Crippen LogP contribution in [-0.4, -0.2) is 45.3 Å². The standard InChI is InChI=1S/C10H21NO3S/c1-8(2)11-5-10(6-11)9(3)7-14-15(4,12)13/h8-10H,5-7H2,1-4H3. The average Bonchev–Trinajstić information content (AvgIpc) is 1.95. The Morgan fingerprint density at radius 2 is 1.87 bits per heavy atom. The summed E-state index contributed by atoms with van der Waals surface area (Å²) < 4.78 is 26.4. The first-order valence-electron chi connectivity index (χ1n) is 5.38. The zero-order valence-corrected chi connectivity index (χ0v) is 10.8. The Balaban J connectivity index is 2.24. The molecule has 0 saturated carbocycles. The van der Waals surface area contributed by atoms with E-state index in [-0.39, 0.29) is 0 Å². The lowest BCUT2D eigenvalue weighted by atomic mass is 9.87. The molecule has 0 radical (unpaired) electrons. The summed E-state index contributed by atoms with van der Waals surface area (Å²) in [5.74, 6) is 0.892. The van der Waals surface area contributed by atoms with Crippen LogP contribution >= 0.6 is 0 Å². The summed E-state index contributed by atoms with van der Waals surface area (Å²) in [4.78, 5) is 2.38. The molecule has 0 aromatic rings. The highest BCUT2D eigenvalue weighted by Crippen LogP contribution is 2.25. The van der Waals surface area contributed by atoms with Crippen LogP contribution in [0.1, 0.15) is 20.8 Å². The van der Waals surface area contributed by atoms with Crippen LogP contribution in [0.25, 0.3) is 0 Å². The summed E-state index contributed by atoms with van der Waals surface area (Å²) in [6.07, 6.45) is 1.10. The van der Waals surface area contributed by atoms with Crippen LogP contribution in [0.5, 0.6) is 0 Å². The molecule has 5 heteroatoms. The summed E-state index contributed by atoms with van der Waals surface area (Å²) in [5, 5.41) is 0. The maximum absolute atomic E-state index is 10.8. The van der Waals surface area contributed by atoms with Crippen LogP contribution in [-0.2, 0) is 14.3 Å². The molecule has 1 unspecified atom stereocenters. The molecule has 1 rings (SSSR count). The normalized spacial score (nSPS) is 21.7. The van der Waals surface area contributed by atoms with E-state index in [2.05, 4.69) is 18.7 Å².